The number of hydrogen-bond acceptors (Lipinski definition) is 4. The van der Waals surface area contributed by atoms with Crippen molar-refractivity contribution in [2.24, 2.45) is 0 Å². The molecule has 0 bridgehead atoms. The third kappa shape index (κ3) is 4.84. The Hall–Kier alpha value is -3.43. The van der Waals surface area contributed by atoms with Crippen LogP contribution in [0.3, 0.4) is 0 Å². The van der Waals surface area contributed by atoms with Gasteiger partial charge < -0.3 is 14.4 Å². The molecular weight excluding hydrogens is 423 g/mol. The van der Waals surface area contributed by atoms with Crippen LogP contribution in [0.25, 0.3) is 10.9 Å². The summed E-state index contributed by atoms with van der Waals surface area (Å²) in [5.74, 6) is -1.12. The number of amides is 1. The molecule has 0 spiro atoms. The van der Waals surface area contributed by atoms with Crippen LogP contribution >= 0.6 is 0 Å². The number of halogens is 5. The van der Waals surface area contributed by atoms with E-state index in [0.29, 0.717) is 5.56 Å². The molecule has 3 rings (SSSR count). The summed E-state index contributed by atoms with van der Waals surface area (Å²) in [6.45, 7) is -3.26. The number of carbonyl (C=O) groups excluding carboxylic acids is 1. The number of para-hydroxylation sites is 1. The minimum absolute atomic E-state index is 0.0520. The molecule has 0 fully saturated rings. The molecule has 1 amide bonds. The van der Waals surface area contributed by atoms with Gasteiger partial charge in [-0.3, -0.25) is 9.78 Å². The van der Waals surface area contributed by atoms with Gasteiger partial charge in [0.2, 0.25) is 0 Å². The van der Waals surface area contributed by atoms with E-state index in [0.717, 1.165) is 11.1 Å². The largest absolute Gasteiger partial charge is 0.493 e. The average molecular weight is 440 g/mol. The van der Waals surface area contributed by atoms with Crippen molar-refractivity contribution in [2.75, 3.05) is 14.2 Å². The van der Waals surface area contributed by atoms with Crippen molar-refractivity contribution < 1.29 is 36.2 Å². The summed E-state index contributed by atoms with van der Waals surface area (Å²) in [4.78, 5) is 17.9. The van der Waals surface area contributed by atoms with Gasteiger partial charge in [0.15, 0.2) is 11.5 Å². The lowest BCUT2D eigenvalue weighted by Gasteiger charge is -2.21. The van der Waals surface area contributed by atoms with Gasteiger partial charge in [0.1, 0.15) is 0 Å². The van der Waals surface area contributed by atoms with Crippen LogP contribution in [0.15, 0.2) is 48.7 Å². The number of hydrogen-bond donors (Lipinski definition) is 0. The molecule has 0 N–H and O–H groups in total. The van der Waals surface area contributed by atoms with Crippen molar-refractivity contribution in [3.05, 3.63) is 65.4 Å². The maximum Gasteiger partial charge on any atom is 0.417 e. The molecule has 0 aliphatic heterocycles. The molecular formula is C21H17F5N2O3. The SMILES string of the molecule is COc1ccc(CN(C)C(=O)c2cnc3ccccc3c2C(F)(F)F)cc1OC(F)F. The van der Waals surface area contributed by atoms with Crippen molar-refractivity contribution in [3.8, 4) is 11.5 Å². The Morgan fingerprint density at radius 3 is 2.48 bits per heavy atom. The number of rotatable bonds is 6. The van der Waals surface area contributed by atoms with E-state index in [1.165, 1.54) is 50.6 Å². The molecule has 3 aromatic rings. The highest BCUT2D eigenvalue weighted by molar-refractivity contribution is 6.00. The Bertz CT molecular complexity index is 1100. The predicted molar refractivity (Wildman–Crippen MR) is 102 cm³/mol. The van der Waals surface area contributed by atoms with Crippen molar-refractivity contribution in [3.63, 3.8) is 0 Å². The lowest BCUT2D eigenvalue weighted by molar-refractivity contribution is -0.136. The number of alkyl halides is 5. The zero-order valence-electron chi connectivity index (χ0n) is 16.4. The van der Waals surface area contributed by atoms with E-state index in [1.54, 1.807) is 6.07 Å². The first kappa shape index (κ1) is 22.3. The van der Waals surface area contributed by atoms with E-state index >= 15 is 0 Å². The lowest BCUT2D eigenvalue weighted by Crippen LogP contribution is -2.29. The molecule has 0 saturated carbocycles. The topological polar surface area (TPSA) is 51.7 Å². The molecule has 1 heterocycles. The summed E-state index contributed by atoms with van der Waals surface area (Å²) in [5.41, 5.74) is -1.22. The fourth-order valence-electron chi connectivity index (χ4n) is 3.17. The van der Waals surface area contributed by atoms with Crippen LogP contribution in [0, 0.1) is 0 Å². The highest BCUT2D eigenvalue weighted by Gasteiger charge is 2.38. The van der Waals surface area contributed by atoms with Gasteiger partial charge in [0.25, 0.3) is 5.91 Å². The summed E-state index contributed by atoms with van der Waals surface area (Å²) in [6.07, 6.45) is -3.89. The van der Waals surface area contributed by atoms with Crippen molar-refractivity contribution in [1.82, 2.24) is 9.88 Å². The number of benzene rings is 2. The lowest BCUT2D eigenvalue weighted by atomic mass is 10.0. The highest BCUT2D eigenvalue weighted by Crippen LogP contribution is 2.37. The Labute approximate surface area is 174 Å². The fourth-order valence-corrected chi connectivity index (χ4v) is 3.17. The summed E-state index contributed by atoms with van der Waals surface area (Å²) in [6, 6.07) is 9.74. The fraction of sp³-hybridized carbons (Fsp3) is 0.238. The minimum Gasteiger partial charge on any atom is -0.493 e. The van der Waals surface area contributed by atoms with E-state index in [1.807, 2.05) is 0 Å². The molecule has 0 unspecified atom stereocenters. The van der Waals surface area contributed by atoms with Gasteiger partial charge in [-0.05, 0) is 23.8 Å². The average Bonchev–Trinajstić information content (AvgIpc) is 2.71. The Balaban J connectivity index is 1.95. The van der Waals surface area contributed by atoms with Crippen molar-refractivity contribution in [2.45, 2.75) is 19.3 Å². The summed E-state index contributed by atoms with van der Waals surface area (Å²) >= 11 is 0. The number of carbonyl (C=O) groups is 1. The van der Waals surface area contributed by atoms with E-state index in [2.05, 4.69) is 9.72 Å². The number of pyridine rings is 1. The minimum atomic E-state index is -4.78. The van der Waals surface area contributed by atoms with Crippen LogP contribution in [0.1, 0.15) is 21.5 Å². The smallest absolute Gasteiger partial charge is 0.417 e. The van der Waals surface area contributed by atoms with Gasteiger partial charge in [0, 0.05) is 25.2 Å². The van der Waals surface area contributed by atoms with Gasteiger partial charge in [-0.2, -0.15) is 22.0 Å². The summed E-state index contributed by atoms with van der Waals surface area (Å²) < 4.78 is 75.9. The second-order valence-corrected chi connectivity index (χ2v) is 6.59. The predicted octanol–water partition coefficient (Wildman–Crippen LogP) is 5.14. The number of nitrogens with zero attached hydrogens (tertiary/aromatic N) is 2. The quantitative estimate of drug-likeness (QED) is 0.499. The third-order valence-electron chi connectivity index (χ3n) is 4.50. The van der Waals surface area contributed by atoms with Crippen LogP contribution in [-0.2, 0) is 12.7 Å². The molecule has 0 atom stereocenters. The molecule has 10 heteroatoms. The summed E-state index contributed by atoms with van der Waals surface area (Å²) in [7, 11) is 2.57. The molecule has 2 aromatic carbocycles. The van der Waals surface area contributed by atoms with E-state index < -0.39 is 29.8 Å². The van der Waals surface area contributed by atoms with Crippen LogP contribution in [0.5, 0.6) is 11.5 Å². The molecule has 5 nitrogen and oxygen atoms in total. The Morgan fingerprint density at radius 2 is 1.84 bits per heavy atom. The van der Waals surface area contributed by atoms with E-state index in [9.17, 15) is 26.7 Å². The maximum absolute atomic E-state index is 13.8. The van der Waals surface area contributed by atoms with Crippen molar-refractivity contribution >= 4 is 16.8 Å². The first-order valence-electron chi connectivity index (χ1n) is 8.94. The van der Waals surface area contributed by atoms with Gasteiger partial charge in [-0.25, -0.2) is 0 Å². The second kappa shape index (κ2) is 8.75. The third-order valence-corrected chi connectivity index (χ3v) is 4.50. The molecule has 31 heavy (non-hydrogen) atoms. The highest BCUT2D eigenvalue weighted by atomic mass is 19.4. The Kier molecular flexibility index (Phi) is 6.28. The summed E-state index contributed by atoms with van der Waals surface area (Å²) in [5, 5.41) is -0.189. The van der Waals surface area contributed by atoms with Crippen LogP contribution in [-0.4, -0.2) is 36.6 Å². The first-order valence-corrected chi connectivity index (χ1v) is 8.94. The van der Waals surface area contributed by atoms with Crippen LogP contribution < -0.4 is 9.47 Å². The molecule has 0 aliphatic carbocycles. The molecule has 164 valence electrons. The maximum atomic E-state index is 13.8. The molecule has 0 saturated heterocycles. The zero-order chi connectivity index (χ0) is 22.8. The van der Waals surface area contributed by atoms with Gasteiger partial charge >= 0.3 is 12.8 Å². The van der Waals surface area contributed by atoms with Crippen LogP contribution in [0.2, 0.25) is 0 Å². The van der Waals surface area contributed by atoms with Gasteiger partial charge in [-0.15, -0.1) is 0 Å². The van der Waals surface area contributed by atoms with Gasteiger partial charge in [-0.1, -0.05) is 24.3 Å². The number of aromatic nitrogens is 1. The molecule has 0 radical (unpaired) electrons. The number of methoxy groups -OCH3 is 1. The zero-order valence-corrected chi connectivity index (χ0v) is 16.4. The molecule has 0 aliphatic rings. The molecule has 1 aromatic heterocycles. The normalized spacial score (nSPS) is 11.6. The van der Waals surface area contributed by atoms with Crippen LogP contribution in [0.4, 0.5) is 22.0 Å². The number of fused-ring (bicyclic) bond motifs is 1. The Morgan fingerprint density at radius 1 is 1.13 bits per heavy atom. The van der Waals surface area contributed by atoms with E-state index in [4.69, 9.17) is 4.74 Å². The standard InChI is InChI=1S/C21H17F5N2O3/c1-28(11-12-7-8-16(30-2)17(9-12)31-20(22)23)19(29)14-10-27-15-6-4-3-5-13(15)18(14)21(24,25)26/h3-10,20H,11H2,1-2H3. The first-order chi connectivity index (χ1) is 14.6. The second-order valence-electron chi connectivity index (χ2n) is 6.59. The monoisotopic (exact) mass is 440 g/mol. The number of ether oxygens (including phenoxy) is 2. The van der Waals surface area contributed by atoms with Crippen molar-refractivity contribution in [1.29, 1.82) is 0 Å². The van der Waals surface area contributed by atoms with Gasteiger partial charge in [0.05, 0.1) is 23.8 Å². The van der Waals surface area contributed by atoms with E-state index in [-0.39, 0.29) is 28.9 Å².